The molecule has 4 aromatic carbocycles. The van der Waals surface area contributed by atoms with Crippen molar-refractivity contribution < 1.29 is 29.3 Å². The zero-order valence-corrected chi connectivity index (χ0v) is 31.0. The van der Waals surface area contributed by atoms with Gasteiger partial charge in [-0.2, -0.15) is 23.9 Å². The minimum absolute atomic E-state index is 0. The molecule has 53 heavy (non-hydrogen) atoms. The topological polar surface area (TPSA) is 100 Å². The molecule has 5 heterocycles. The van der Waals surface area contributed by atoms with Gasteiger partial charge in [0.2, 0.25) is 0 Å². The van der Waals surface area contributed by atoms with Gasteiger partial charge in [0, 0.05) is 32.0 Å². The van der Waals surface area contributed by atoms with Gasteiger partial charge >= 0.3 is 21.1 Å². The molecule has 0 fully saturated rings. The standard InChI is InChI=1S/C29H27N6.C14H6N3.Pt/c1-19-12-20(2)27(21(3)13-19)22-14-23(34-17-32(4)25-8-6-10-30-28(25)34)16-24(15-22)35-18-33(5)26-9-7-11-31-29(26)35;15-7-9-1-3-13-11(5-9)12-6-10(8-16)2-4-14(12)17-13;/h6-15,17-18H,1-5H3;1-6H;/q-3;-1;+4/i4D3,5D3;;. The first-order valence-corrected chi connectivity index (χ1v) is 16.4. The molecule has 0 radical (unpaired) electrons. The maximum Gasteiger partial charge on any atom is 4.00 e. The largest absolute Gasteiger partial charge is 4.00 e. The van der Waals surface area contributed by atoms with E-state index < -0.39 is 14.0 Å². The molecule has 9 rings (SSSR count). The Balaban J connectivity index is 0.000000244. The Morgan fingerprint density at radius 1 is 0.698 bits per heavy atom. The smallest absolute Gasteiger partial charge is 0.657 e. The molecule has 0 saturated heterocycles. The van der Waals surface area contributed by atoms with Crippen molar-refractivity contribution in [2.75, 3.05) is 33.6 Å². The summed E-state index contributed by atoms with van der Waals surface area (Å²) in [5, 5.41) is 19.6. The van der Waals surface area contributed by atoms with Crippen LogP contribution in [0.3, 0.4) is 0 Å². The van der Waals surface area contributed by atoms with E-state index in [1.54, 1.807) is 58.6 Å². The van der Waals surface area contributed by atoms with E-state index in [0.717, 1.165) is 49.6 Å². The molecule has 2 aliphatic heterocycles. The van der Waals surface area contributed by atoms with Crippen molar-refractivity contribution in [1.82, 2.24) is 15.0 Å². The summed E-state index contributed by atoms with van der Waals surface area (Å²) >= 11 is 0. The van der Waals surface area contributed by atoms with Crippen molar-refractivity contribution >= 4 is 56.2 Å². The molecule has 0 N–H and O–H groups in total. The van der Waals surface area contributed by atoms with Crippen LogP contribution in [-0.2, 0) is 21.1 Å². The van der Waals surface area contributed by atoms with E-state index in [-0.39, 0.29) is 21.1 Å². The molecule has 0 aliphatic carbocycles. The minimum Gasteiger partial charge on any atom is -0.657 e. The number of fused-ring (bicyclic) bond motifs is 5. The van der Waals surface area contributed by atoms with Crippen molar-refractivity contribution in [2.45, 2.75) is 20.8 Å². The van der Waals surface area contributed by atoms with E-state index >= 15 is 0 Å². The summed E-state index contributed by atoms with van der Waals surface area (Å²) in [6.45, 7) is 4.31. The average molecular weight is 877 g/mol. The molecule has 0 unspecified atom stereocenters. The molecule has 0 amide bonds. The summed E-state index contributed by atoms with van der Waals surface area (Å²) in [7, 11) is 0. The van der Waals surface area contributed by atoms with E-state index in [1.165, 1.54) is 23.1 Å². The summed E-state index contributed by atoms with van der Waals surface area (Å²) in [6.07, 6.45) is 3.23. The van der Waals surface area contributed by atoms with E-state index in [1.807, 2.05) is 36.4 Å². The first-order chi connectivity index (χ1) is 27.6. The zero-order valence-electron chi connectivity index (χ0n) is 34.7. The number of nitriles is 2. The average Bonchev–Trinajstić information content (AvgIpc) is 3.89. The van der Waals surface area contributed by atoms with Crippen LogP contribution in [0.2, 0.25) is 0 Å². The number of anilines is 6. The number of rotatable bonds is 3. The summed E-state index contributed by atoms with van der Waals surface area (Å²) in [5.74, 6) is 0.904. The third-order valence-corrected chi connectivity index (χ3v) is 9.08. The first kappa shape index (κ1) is 28.4. The van der Waals surface area contributed by atoms with Gasteiger partial charge in [-0.1, -0.05) is 29.8 Å². The molecule has 10 heteroatoms. The van der Waals surface area contributed by atoms with Crippen LogP contribution in [0.15, 0.2) is 97.3 Å². The van der Waals surface area contributed by atoms with Crippen LogP contribution in [0, 0.1) is 62.8 Å². The molecular formula is C43H33N9Pt. The Morgan fingerprint density at radius 2 is 1.19 bits per heavy atom. The van der Waals surface area contributed by atoms with Crippen LogP contribution >= 0.6 is 0 Å². The summed E-state index contributed by atoms with van der Waals surface area (Å²) in [5.41, 5.74) is 10.1. The number of nitrogens with zero attached hydrogens (tertiary/aromatic N) is 9. The van der Waals surface area contributed by atoms with Crippen molar-refractivity contribution in [3.05, 3.63) is 145 Å². The Bertz CT molecular complexity index is 2660. The predicted molar refractivity (Wildman–Crippen MR) is 207 cm³/mol. The summed E-state index contributed by atoms with van der Waals surface area (Å²) in [4.78, 5) is 19.3. The summed E-state index contributed by atoms with van der Waals surface area (Å²) < 4.78 is 48.5. The van der Waals surface area contributed by atoms with Gasteiger partial charge in [0.15, 0.2) is 0 Å². The molecule has 0 atom stereocenters. The van der Waals surface area contributed by atoms with Crippen LogP contribution in [0.1, 0.15) is 36.0 Å². The molecule has 0 saturated carbocycles. The van der Waals surface area contributed by atoms with Gasteiger partial charge in [-0.15, -0.1) is 46.2 Å². The fourth-order valence-corrected chi connectivity index (χ4v) is 6.89. The van der Waals surface area contributed by atoms with Crippen molar-refractivity contribution in [3.63, 3.8) is 0 Å². The van der Waals surface area contributed by atoms with Crippen LogP contribution in [0.4, 0.5) is 34.4 Å². The van der Waals surface area contributed by atoms with Gasteiger partial charge in [-0.25, -0.2) is 9.97 Å². The predicted octanol–water partition coefficient (Wildman–Crippen LogP) is 8.97. The van der Waals surface area contributed by atoms with Gasteiger partial charge in [0.05, 0.1) is 23.3 Å². The van der Waals surface area contributed by atoms with E-state index in [9.17, 15) is 0 Å². The number of aromatic nitrogens is 3. The second-order valence-electron chi connectivity index (χ2n) is 12.6. The molecular weight excluding hydrogens is 838 g/mol. The van der Waals surface area contributed by atoms with Gasteiger partial charge in [-0.05, 0) is 111 Å². The minimum atomic E-state index is -2.43. The van der Waals surface area contributed by atoms with Crippen molar-refractivity contribution in [3.8, 4) is 23.3 Å². The third-order valence-electron chi connectivity index (χ3n) is 9.08. The van der Waals surface area contributed by atoms with E-state index in [4.69, 9.17) is 18.7 Å². The molecule has 3 aromatic heterocycles. The number of aryl methyl sites for hydroxylation is 3. The first-order valence-electron chi connectivity index (χ1n) is 19.4. The second-order valence-corrected chi connectivity index (χ2v) is 12.6. The Morgan fingerprint density at radius 3 is 1.64 bits per heavy atom. The normalized spacial score (nSPS) is 15.0. The van der Waals surface area contributed by atoms with E-state index in [0.29, 0.717) is 45.5 Å². The molecule has 260 valence electrons. The quantitative estimate of drug-likeness (QED) is 0.161. The molecule has 0 spiro atoms. The Labute approximate surface area is 332 Å². The van der Waals surface area contributed by atoms with Crippen molar-refractivity contribution in [1.29, 1.82) is 10.5 Å². The number of benzene rings is 4. The van der Waals surface area contributed by atoms with Gasteiger partial charge in [-0.3, -0.25) is 0 Å². The maximum atomic E-state index is 8.88. The van der Waals surface area contributed by atoms with Gasteiger partial charge in [0.25, 0.3) is 0 Å². The Kier molecular flexibility index (Phi) is 7.57. The Hall–Kier alpha value is -6.15. The van der Waals surface area contributed by atoms with Crippen molar-refractivity contribution in [2.24, 2.45) is 0 Å². The van der Waals surface area contributed by atoms with Crippen LogP contribution < -0.4 is 24.6 Å². The van der Waals surface area contributed by atoms with Gasteiger partial charge in [0.1, 0.15) is 11.6 Å². The number of pyridine rings is 2. The molecule has 2 aliphatic rings. The van der Waals surface area contributed by atoms with Crippen LogP contribution in [0.5, 0.6) is 0 Å². The maximum absolute atomic E-state index is 8.88. The molecule has 0 bridgehead atoms. The van der Waals surface area contributed by atoms with E-state index in [2.05, 4.69) is 66.1 Å². The SMILES string of the molecule is N#Cc1ccc2[n-]c3ccc(C#N)cc3c2c1.[2H]C([2H])([2H])N1[CH-]N(c2[c-]c(N3[CH-]N(C([2H])([2H])[2H])c4cccnc43)cc(-c3c(C)cc(C)cc3C)c2)c2ncccc21.[Pt+4]. The second kappa shape index (κ2) is 14.1. The number of hydrogen-bond donors (Lipinski definition) is 0. The van der Waals surface area contributed by atoms with Gasteiger partial charge < -0.3 is 24.6 Å². The van der Waals surface area contributed by atoms with Crippen LogP contribution in [0.25, 0.3) is 32.9 Å². The third kappa shape index (κ3) is 6.35. The fraction of sp³-hybridized carbons (Fsp3) is 0.116. The van der Waals surface area contributed by atoms with Crippen LogP contribution in [-0.4, -0.2) is 23.9 Å². The zero-order chi connectivity index (χ0) is 41.1. The summed E-state index contributed by atoms with van der Waals surface area (Å²) in [6, 6.07) is 33.4. The monoisotopic (exact) mass is 876 g/mol. The fourth-order valence-electron chi connectivity index (χ4n) is 6.89. The molecule has 7 aromatic rings. The molecule has 9 nitrogen and oxygen atoms in total. The number of hydrogen-bond acceptors (Lipinski definition) is 8.